The number of hydrogen-bond acceptors (Lipinski definition) is 7. The minimum absolute atomic E-state index is 0.0760. The molecule has 3 heterocycles. The summed E-state index contributed by atoms with van der Waals surface area (Å²) in [5, 5.41) is 4.48. The quantitative estimate of drug-likeness (QED) is 0.0372. The molecule has 0 N–H and O–H groups in total. The highest BCUT2D eigenvalue weighted by Crippen LogP contribution is 2.31. The van der Waals surface area contributed by atoms with E-state index in [4.69, 9.17) is 9.47 Å². The van der Waals surface area contributed by atoms with Crippen LogP contribution in [0.4, 0.5) is 5.69 Å². The molecule has 8 heteroatoms. The number of carbonyl (C=O) groups is 1. The minimum Gasteiger partial charge on any atom is -0.494 e. The summed E-state index contributed by atoms with van der Waals surface area (Å²) < 4.78 is 14.6. The van der Waals surface area contributed by atoms with E-state index in [0.717, 1.165) is 75.1 Å². The molecule has 7 nitrogen and oxygen atoms in total. The molecular formula is C50H75N3O4S. The van der Waals surface area contributed by atoms with Gasteiger partial charge in [-0.1, -0.05) is 141 Å². The molecule has 0 radical (unpaired) electrons. The van der Waals surface area contributed by atoms with E-state index in [1.807, 2.05) is 35.6 Å². The third-order valence-corrected chi connectivity index (χ3v) is 13.0. The highest BCUT2D eigenvalue weighted by molar-refractivity contribution is 7.17. The number of unbranched alkanes of at least 4 members (excludes halogenated alkanes) is 21. The SMILES string of the molecule is CCCCCCCCCCCCCCCCCCCCCCCC(=O)OCn1c(=O)ccc2ccc(OCCCCN3CCN(c4cccc5sccc45)CC3)cc21. The van der Waals surface area contributed by atoms with E-state index in [9.17, 15) is 9.59 Å². The fraction of sp³-hybridized carbons (Fsp3) is 0.640. The van der Waals surface area contributed by atoms with Gasteiger partial charge >= 0.3 is 5.97 Å². The van der Waals surface area contributed by atoms with Crippen molar-refractivity contribution in [2.75, 3.05) is 44.2 Å². The second-order valence-corrected chi connectivity index (χ2v) is 17.7. The molecule has 58 heavy (non-hydrogen) atoms. The van der Waals surface area contributed by atoms with Gasteiger partial charge in [-0.2, -0.15) is 0 Å². The molecule has 320 valence electrons. The number of hydrogen-bond donors (Lipinski definition) is 0. The Hall–Kier alpha value is -3.36. The molecule has 1 saturated heterocycles. The Morgan fingerprint density at radius 3 is 1.90 bits per heavy atom. The van der Waals surface area contributed by atoms with Gasteiger partial charge in [-0.05, 0) is 73.0 Å². The molecule has 0 unspecified atom stereocenters. The van der Waals surface area contributed by atoms with Crippen LogP contribution in [0.15, 0.2) is 64.8 Å². The maximum Gasteiger partial charge on any atom is 0.307 e. The van der Waals surface area contributed by atoms with Crippen LogP contribution in [0.25, 0.3) is 21.0 Å². The van der Waals surface area contributed by atoms with Crippen LogP contribution < -0.4 is 15.2 Å². The number of fused-ring (bicyclic) bond motifs is 2. The van der Waals surface area contributed by atoms with Gasteiger partial charge in [0.15, 0.2) is 6.73 Å². The van der Waals surface area contributed by atoms with Crippen LogP contribution in [0.1, 0.15) is 161 Å². The molecule has 1 aliphatic rings. The Morgan fingerprint density at radius 1 is 0.655 bits per heavy atom. The molecule has 0 bridgehead atoms. The summed E-state index contributed by atoms with van der Waals surface area (Å²) in [4.78, 5) is 30.5. The van der Waals surface area contributed by atoms with Crippen LogP contribution in [0.3, 0.4) is 0 Å². The normalized spacial score (nSPS) is 13.5. The van der Waals surface area contributed by atoms with E-state index in [0.29, 0.717) is 13.0 Å². The molecule has 0 amide bonds. The predicted molar refractivity (Wildman–Crippen MR) is 247 cm³/mol. The van der Waals surface area contributed by atoms with Gasteiger partial charge in [0.1, 0.15) is 5.75 Å². The third kappa shape index (κ3) is 16.4. The van der Waals surface area contributed by atoms with Crippen molar-refractivity contribution in [1.82, 2.24) is 9.47 Å². The van der Waals surface area contributed by atoms with Crippen LogP contribution in [0.5, 0.6) is 5.75 Å². The standard InChI is InChI=1S/C50H75N3O4S/c1-2-3-4-5-6-7-8-9-10-11-12-13-14-15-16-17-18-19-20-21-22-28-50(55)57-42-53-47-41-44(31-29-43(47)30-32-49(53)54)56-39-24-23-34-51-35-37-52(38-36-51)46-26-25-27-48-45(46)33-40-58-48/h25-27,29-33,40-41H,2-24,28,34-39,42H2,1H3. The number of ether oxygens (including phenoxy) is 2. The van der Waals surface area contributed by atoms with Crippen molar-refractivity contribution in [1.29, 1.82) is 0 Å². The maximum atomic E-state index is 12.8. The first-order valence-electron chi connectivity index (χ1n) is 23.5. The summed E-state index contributed by atoms with van der Waals surface area (Å²) in [7, 11) is 0. The Bertz CT molecular complexity index is 1780. The molecule has 0 saturated carbocycles. The number of piperazine rings is 1. The van der Waals surface area contributed by atoms with Crippen molar-refractivity contribution < 1.29 is 14.3 Å². The zero-order chi connectivity index (χ0) is 40.5. The van der Waals surface area contributed by atoms with Crippen molar-refractivity contribution in [3.63, 3.8) is 0 Å². The molecular weight excluding hydrogens is 739 g/mol. The average Bonchev–Trinajstić information content (AvgIpc) is 3.73. The van der Waals surface area contributed by atoms with Crippen molar-refractivity contribution in [3.8, 4) is 5.75 Å². The van der Waals surface area contributed by atoms with Crippen molar-refractivity contribution in [3.05, 3.63) is 70.3 Å². The van der Waals surface area contributed by atoms with E-state index in [1.54, 1.807) is 6.07 Å². The zero-order valence-electron chi connectivity index (χ0n) is 36.1. The Morgan fingerprint density at radius 2 is 1.26 bits per heavy atom. The fourth-order valence-electron chi connectivity index (χ4n) is 8.49. The van der Waals surface area contributed by atoms with E-state index < -0.39 is 0 Å². The van der Waals surface area contributed by atoms with Gasteiger partial charge in [-0.3, -0.25) is 19.1 Å². The Labute approximate surface area is 354 Å². The van der Waals surface area contributed by atoms with Crippen LogP contribution in [0, 0.1) is 0 Å². The number of esters is 1. The van der Waals surface area contributed by atoms with Gasteiger partial charge in [-0.15, -0.1) is 11.3 Å². The van der Waals surface area contributed by atoms with E-state index in [2.05, 4.69) is 46.4 Å². The predicted octanol–water partition coefficient (Wildman–Crippen LogP) is 13.3. The maximum absolute atomic E-state index is 12.8. The van der Waals surface area contributed by atoms with Crippen LogP contribution in [0.2, 0.25) is 0 Å². The molecule has 0 atom stereocenters. The summed E-state index contributed by atoms with van der Waals surface area (Å²) >= 11 is 1.81. The lowest BCUT2D eigenvalue weighted by Crippen LogP contribution is -2.46. The van der Waals surface area contributed by atoms with Crippen molar-refractivity contribution in [2.45, 2.75) is 168 Å². The molecule has 0 aliphatic carbocycles. The second-order valence-electron chi connectivity index (χ2n) is 16.8. The van der Waals surface area contributed by atoms with Gasteiger partial charge in [-0.25, -0.2) is 0 Å². The number of aromatic nitrogens is 1. The molecule has 1 aliphatic heterocycles. The number of rotatable bonds is 31. The highest BCUT2D eigenvalue weighted by Gasteiger charge is 2.18. The van der Waals surface area contributed by atoms with Gasteiger partial charge in [0.25, 0.3) is 5.56 Å². The summed E-state index contributed by atoms with van der Waals surface area (Å²) in [6.45, 7) is 8.17. The minimum atomic E-state index is -0.240. The molecule has 5 rings (SSSR count). The Kier molecular flexibility index (Phi) is 21.6. The molecule has 1 fully saturated rings. The largest absolute Gasteiger partial charge is 0.494 e. The summed E-state index contributed by atoms with van der Waals surface area (Å²) in [6.07, 6.45) is 30.6. The zero-order valence-corrected chi connectivity index (χ0v) is 36.9. The van der Waals surface area contributed by atoms with Crippen molar-refractivity contribution in [2.24, 2.45) is 0 Å². The topological polar surface area (TPSA) is 64.0 Å². The molecule has 4 aromatic rings. The lowest BCUT2D eigenvalue weighted by atomic mass is 10.0. The number of anilines is 1. The van der Waals surface area contributed by atoms with Crippen molar-refractivity contribution >= 4 is 44.0 Å². The van der Waals surface area contributed by atoms with Gasteiger partial charge < -0.3 is 14.4 Å². The molecule has 0 spiro atoms. The summed E-state index contributed by atoms with van der Waals surface area (Å²) in [5.74, 6) is 0.490. The summed E-state index contributed by atoms with van der Waals surface area (Å²) in [5.41, 5.74) is 1.91. The van der Waals surface area contributed by atoms with E-state index in [-0.39, 0.29) is 18.3 Å². The second kappa shape index (κ2) is 27.4. The smallest absolute Gasteiger partial charge is 0.307 e. The van der Waals surface area contributed by atoms with Crippen LogP contribution in [-0.2, 0) is 16.3 Å². The molecule has 2 aromatic heterocycles. The third-order valence-electron chi connectivity index (χ3n) is 12.1. The van der Waals surface area contributed by atoms with Gasteiger partial charge in [0.05, 0.1) is 12.1 Å². The van der Waals surface area contributed by atoms with Crippen LogP contribution in [-0.4, -0.2) is 54.8 Å². The number of pyridine rings is 1. The van der Waals surface area contributed by atoms with Gasteiger partial charge in [0, 0.05) is 60.5 Å². The number of thiophene rings is 1. The first kappa shape index (κ1) is 45.7. The van der Waals surface area contributed by atoms with E-state index >= 15 is 0 Å². The lowest BCUT2D eigenvalue weighted by molar-refractivity contribution is -0.147. The lowest BCUT2D eigenvalue weighted by Gasteiger charge is -2.36. The average molecular weight is 814 g/mol. The first-order chi connectivity index (χ1) is 28.6. The number of nitrogens with zero attached hydrogens (tertiary/aromatic N) is 3. The van der Waals surface area contributed by atoms with Crippen LogP contribution >= 0.6 is 11.3 Å². The number of carbonyl (C=O) groups excluding carboxylic acids is 1. The van der Waals surface area contributed by atoms with E-state index in [1.165, 1.54) is 142 Å². The fourth-order valence-corrected chi connectivity index (χ4v) is 9.30. The number of benzene rings is 2. The molecule has 2 aromatic carbocycles. The summed E-state index contributed by atoms with van der Waals surface area (Å²) in [6, 6.07) is 18.1. The monoisotopic (exact) mass is 814 g/mol. The Balaban J connectivity index is 0.859. The first-order valence-corrected chi connectivity index (χ1v) is 24.4. The van der Waals surface area contributed by atoms with Gasteiger partial charge in [0.2, 0.25) is 0 Å². The highest BCUT2D eigenvalue weighted by atomic mass is 32.1.